The van der Waals surface area contributed by atoms with E-state index in [4.69, 9.17) is 14.2 Å². The van der Waals surface area contributed by atoms with E-state index < -0.39 is 0 Å². The summed E-state index contributed by atoms with van der Waals surface area (Å²) < 4.78 is 16.0. The summed E-state index contributed by atoms with van der Waals surface area (Å²) in [6.07, 6.45) is 5.09. The van der Waals surface area contributed by atoms with Crippen LogP contribution in [0.25, 0.3) is 0 Å². The zero-order valence-corrected chi connectivity index (χ0v) is 12.4. The molecule has 0 amide bonds. The maximum atomic E-state index is 5.33. The highest BCUT2D eigenvalue weighted by Gasteiger charge is 2.12. The number of aromatic nitrogens is 2. The Hall–Kier alpha value is -2.34. The van der Waals surface area contributed by atoms with Crippen LogP contribution in [0.15, 0.2) is 30.9 Å². The van der Waals surface area contributed by atoms with E-state index in [9.17, 15) is 0 Å². The Balaban J connectivity index is 2.06. The first kappa shape index (κ1) is 15.1. The summed E-state index contributed by atoms with van der Waals surface area (Å²) in [5.41, 5.74) is 2.08. The lowest BCUT2D eigenvalue weighted by Gasteiger charge is -2.14. The molecule has 6 heteroatoms. The molecule has 0 radical (unpaired) electrons. The molecule has 0 spiro atoms. The predicted molar refractivity (Wildman–Crippen MR) is 78.7 cm³/mol. The molecule has 2 aromatic rings. The summed E-state index contributed by atoms with van der Waals surface area (Å²) in [6.45, 7) is 1.36. The summed E-state index contributed by atoms with van der Waals surface area (Å²) in [5.74, 6) is 1.90. The molecule has 1 aromatic carbocycles. The fraction of sp³-hybridized carbons (Fsp3) is 0.333. The number of rotatable bonds is 7. The van der Waals surface area contributed by atoms with Crippen LogP contribution in [0, 0.1) is 0 Å². The van der Waals surface area contributed by atoms with Crippen molar-refractivity contribution in [1.82, 2.24) is 15.3 Å². The number of hydrogen-bond donors (Lipinski definition) is 1. The molecule has 0 aliphatic carbocycles. The van der Waals surface area contributed by atoms with Gasteiger partial charge in [-0.25, -0.2) is 9.97 Å². The molecule has 0 aliphatic rings. The zero-order valence-electron chi connectivity index (χ0n) is 12.4. The van der Waals surface area contributed by atoms with Gasteiger partial charge in [-0.3, -0.25) is 0 Å². The molecule has 0 fully saturated rings. The first-order chi connectivity index (χ1) is 10.3. The molecule has 112 valence electrons. The zero-order chi connectivity index (χ0) is 15.1. The first-order valence-electron chi connectivity index (χ1n) is 6.52. The highest BCUT2D eigenvalue weighted by molar-refractivity contribution is 5.53. The van der Waals surface area contributed by atoms with Crippen LogP contribution in [0.4, 0.5) is 0 Å². The van der Waals surface area contributed by atoms with Gasteiger partial charge in [-0.1, -0.05) is 0 Å². The van der Waals surface area contributed by atoms with Crippen LogP contribution >= 0.6 is 0 Å². The van der Waals surface area contributed by atoms with Crippen LogP contribution in [0.2, 0.25) is 0 Å². The SMILES string of the molecule is COc1cc(CNCc2cncnc2)cc(OC)c1OC. The minimum atomic E-state index is 0.597. The number of benzene rings is 1. The summed E-state index contributed by atoms with van der Waals surface area (Å²) in [5, 5.41) is 3.33. The Kier molecular flexibility index (Phi) is 5.34. The maximum Gasteiger partial charge on any atom is 0.203 e. The van der Waals surface area contributed by atoms with Crippen molar-refractivity contribution in [3.63, 3.8) is 0 Å². The number of nitrogens with one attached hydrogen (secondary N) is 1. The molecule has 1 aromatic heterocycles. The van der Waals surface area contributed by atoms with Crippen LogP contribution in [-0.2, 0) is 13.1 Å². The van der Waals surface area contributed by atoms with Crippen LogP contribution in [-0.4, -0.2) is 31.3 Å². The summed E-state index contributed by atoms with van der Waals surface area (Å²) in [4.78, 5) is 7.96. The van der Waals surface area contributed by atoms with Crippen molar-refractivity contribution < 1.29 is 14.2 Å². The second kappa shape index (κ2) is 7.44. The van der Waals surface area contributed by atoms with Crippen molar-refractivity contribution in [3.8, 4) is 17.2 Å². The highest BCUT2D eigenvalue weighted by atomic mass is 16.5. The Labute approximate surface area is 124 Å². The largest absolute Gasteiger partial charge is 0.493 e. The summed E-state index contributed by atoms with van der Waals surface area (Å²) in [7, 11) is 4.80. The van der Waals surface area contributed by atoms with Gasteiger partial charge in [0.1, 0.15) is 6.33 Å². The standard InChI is InChI=1S/C15H19N3O3/c1-19-13-4-11(5-14(20-2)15(13)21-3)6-16-7-12-8-17-10-18-9-12/h4-5,8-10,16H,6-7H2,1-3H3. The van der Waals surface area contributed by atoms with Crippen molar-refractivity contribution in [3.05, 3.63) is 42.0 Å². The molecule has 0 atom stereocenters. The van der Waals surface area contributed by atoms with E-state index in [0.29, 0.717) is 30.3 Å². The molecule has 1 N–H and O–H groups in total. The van der Waals surface area contributed by atoms with Crippen molar-refractivity contribution in [2.24, 2.45) is 0 Å². The van der Waals surface area contributed by atoms with Gasteiger partial charge >= 0.3 is 0 Å². The summed E-state index contributed by atoms with van der Waals surface area (Å²) in [6, 6.07) is 3.85. The Bertz CT molecular complexity index is 551. The van der Waals surface area contributed by atoms with Gasteiger partial charge in [0.05, 0.1) is 21.3 Å². The van der Waals surface area contributed by atoms with Crippen LogP contribution < -0.4 is 19.5 Å². The van der Waals surface area contributed by atoms with E-state index in [1.54, 1.807) is 33.7 Å². The maximum absolute atomic E-state index is 5.33. The predicted octanol–water partition coefficient (Wildman–Crippen LogP) is 1.79. The smallest absolute Gasteiger partial charge is 0.203 e. The molecule has 2 rings (SSSR count). The molecule has 0 unspecified atom stereocenters. The van der Waals surface area contributed by atoms with Gasteiger partial charge in [0.25, 0.3) is 0 Å². The number of nitrogens with zero attached hydrogens (tertiary/aromatic N) is 2. The molecule has 21 heavy (non-hydrogen) atoms. The van der Waals surface area contributed by atoms with Gasteiger partial charge in [-0.2, -0.15) is 0 Å². The third-order valence-corrected chi connectivity index (χ3v) is 3.00. The Morgan fingerprint density at radius 3 is 1.95 bits per heavy atom. The topological polar surface area (TPSA) is 65.5 Å². The Morgan fingerprint density at radius 2 is 1.43 bits per heavy atom. The average molecular weight is 289 g/mol. The lowest BCUT2D eigenvalue weighted by Crippen LogP contribution is -2.13. The molecule has 0 aliphatic heterocycles. The number of hydrogen-bond acceptors (Lipinski definition) is 6. The fourth-order valence-corrected chi connectivity index (χ4v) is 2.01. The molecular formula is C15H19N3O3. The minimum absolute atomic E-state index is 0.597. The van der Waals surface area contributed by atoms with Crippen molar-refractivity contribution in [1.29, 1.82) is 0 Å². The van der Waals surface area contributed by atoms with Gasteiger partial charge in [-0.15, -0.1) is 0 Å². The van der Waals surface area contributed by atoms with Crippen molar-refractivity contribution >= 4 is 0 Å². The quantitative estimate of drug-likeness (QED) is 0.838. The molecule has 0 saturated heterocycles. The van der Waals surface area contributed by atoms with Gasteiger partial charge < -0.3 is 19.5 Å². The molecule has 6 nitrogen and oxygen atoms in total. The normalized spacial score (nSPS) is 10.2. The second-order valence-corrected chi connectivity index (χ2v) is 4.38. The summed E-state index contributed by atoms with van der Waals surface area (Å²) >= 11 is 0. The third-order valence-electron chi connectivity index (χ3n) is 3.00. The fourth-order valence-electron chi connectivity index (χ4n) is 2.01. The number of ether oxygens (including phenoxy) is 3. The van der Waals surface area contributed by atoms with Crippen LogP contribution in [0.3, 0.4) is 0 Å². The minimum Gasteiger partial charge on any atom is -0.493 e. The second-order valence-electron chi connectivity index (χ2n) is 4.38. The number of methoxy groups -OCH3 is 3. The molecule has 0 bridgehead atoms. The highest BCUT2D eigenvalue weighted by Crippen LogP contribution is 2.38. The van der Waals surface area contributed by atoms with Gasteiger partial charge in [0.15, 0.2) is 11.5 Å². The van der Waals surface area contributed by atoms with Crippen molar-refractivity contribution in [2.75, 3.05) is 21.3 Å². The molecular weight excluding hydrogens is 270 g/mol. The lowest BCUT2D eigenvalue weighted by molar-refractivity contribution is 0.323. The molecule has 0 saturated carbocycles. The van der Waals surface area contributed by atoms with Crippen molar-refractivity contribution in [2.45, 2.75) is 13.1 Å². The average Bonchev–Trinajstić information content (AvgIpc) is 2.54. The lowest BCUT2D eigenvalue weighted by atomic mass is 10.1. The van der Waals surface area contributed by atoms with Gasteiger partial charge in [0.2, 0.25) is 5.75 Å². The van der Waals surface area contributed by atoms with E-state index in [2.05, 4.69) is 15.3 Å². The van der Waals surface area contributed by atoms with Crippen LogP contribution in [0.5, 0.6) is 17.2 Å². The Morgan fingerprint density at radius 1 is 0.857 bits per heavy atom. The van der Waals surface area contributed by atoms with E-state index in [-0.39, 0.29) is 0 Å². The van der Waals surface area contributed by atoms with Gasteiger partial charge in [-0.05, 0) is 17.7 Å². The molecule has 1 heterocycles. The van der Waals surface area contributed by atoms with Gasteiger partial charge in [0, 0.05) is 31.0 Å². The van der Waals surface area contributed by atoms with E-state index in [1.807, 2.05) is 12.1 Å². The van der Waals surface area contributed by atoms with Crippen LogP contribution in [0.1, 0.15) is 11.1 Å². The third kappa shape index (κ3) is 3.82. The van der Waals surface area contributed by atoms with E-state index >= 15 is 0 Å². The van der Waals surface area contributed by atoms with E-state index in [1.165, 1.54) is 6.33 Å². The van der Waals surface area contributed by atoms with E-state index in [0.717, 1.165) is 11.1 Å². The monoisotopic (exact) mass is 289 g/mol. The first-order valence-corrected chi connectivity index (χ1v) is 6.52.